The summed E-state index contributed by atoms with van der Waals surface area (Å²) < 4.78 is 0.627. The van der Waals surface area contributed by atoms with Crippen LogP contribution in [0.3, 0.4) is 0 Å². The summed E-state index contributed by atoms with van der Waals surface area (Å²) in [7, 11) is 3.89. The summed E-state index contributed by atoms with van der Waals surface area (Å²) in [6.07, 6.45) is 1.56. The summed E-state index contributed by atoms with van der Waals surface area (Å²) >= 11 is 3.22. The molecule has 0 aliphatic rings. The lowest BCUT2D eigenvalue weighted by molar-refractivity contribution is 0.0697. The SMILES string of the molecule is CN(C)c1cccc(Nc2ncc(Br)cc2C(=O)O)c1. The maximum atomic E-state index is 11.2. The quantitative estimate of drug-likeness (QED) is 0.896. The summed E-state index contributed by atoms with van der Waals surface area (Å²) in [6.45, 7) is 0. The lowest BCUT2D eigenvalue weighted by Gasteiger charge is -2.15. The van der Waals surface area contributed by atoms with Crippen LogP contribution in [0, 0.1) is 0 Å². The zero-order valence-corrected chi connectivity index (χ0v) is 12.7. The Balaban J connectivity index is 2.35. The molecule has 0 aliphatic heterocycles. The van der Waals surface area contributed by atoms with E-state index in [1.165, 1.54) is 6.07 Å². The number of nitrogens with one attached hydrogen (secondary N) is 1. The molecule has 6 heteroatoms. The summed E-state index contributed by atoms with van der Waals surface area (Å²) in [5.41, 5.74) is 1.92. The first-order chi connectivity index (χ1) is 9.47. The van der Waals surface area contributed by atoms with Crippen molar-refractivity contribution in [3.8, 4) is 0 Å². The Kier molecular flexibility index (Phi) is 4.24. The third kappa shape index (κ3) is 3.27. The second-order valence-corrected chi connectivity index (χ2v) is 5.34. The highest BCUT2D eigenvalue weighted by atomic mass is 79.9. The molecule has 0 radical (unpaired) electrons. The zero-order valence-electron chi connectivity index (χ0n) is 11.1. The van der Waals surface area contributed by atoms with Crippen molar-refractivity contribution in [1.29, 1.82) is 0 Å². The number of carboxylic acid groups (broad SMARTS) is 1. The van der Waals surface area contributed by atoms with E-state index in [9.17, 15) is 9.90 Å². The van der Waals surface area contributed by atoms with Crippen LogP contribution >= 0.6 is 15.9 Å². The molecule has 0 saturated heterocycles. The molecule has 0 atom stereocenters. The molecular weight excluding hydrogens is 322 g/mol. The molecule has 1 aromatic carbocycles. The van der Waals surface area contributed by atoms with Crippen molar-refractivity contribution in [2.24, 2.45) is 0 Å². The number of halogens is 1. The van der Waals surface area contributed by atoms with Gasteiger partial charge in [-0.1, -0.05) is 6.07 Å². The summed E-state index contributed by atoms with van der Waals surface area (Å²) in [5, 5.41) is 12.2. The van der Waals surface area contributed by atoms with Crippen molar-refractivity contribution >= 4 is 39.1 Å². The second kappa shape index (κ2) is 5.92. The second-order valence-electron chi connectivity index (χ2n) is 4.42. The molecule has 2 aromatic rings. The fourth-order valence-electron chi connectivity index (χ4n) is 1.70. The topological polar surface area (TPSA) is 65.5 Å². The number of carboxylic acids is 1. The number of carbonyl (C=O) groups is 1. The zero-order chi connectivity index (χ0) is 14.7. The van der Waals surface area contributed by atoms with Crippen molar-refractivity contribution in [3.05, 3.63) is 46.6 Å². The Hall–Kier alpha value is -2.08. The molecule has 20 heavy (non-hydrogen) atoms. The summed E-state index contributed by atoms with van der Waals surface area (Å²) in [4.78, 5) is 17.3. The lowest BCUT2D eigenvalue weighted by Crippen LogP contribution is -2.09. The van der Waals surface area contributed by atoms with Crippen LogP contribution in [0.4, 0.5) is 17.2 Å². The molecule has 2 N–H and O–H groups in total. The number of hydrogen-bond acceptors (Lipinski definition) is 4. The van der Waals surface area contributed by atoms with Crippen LogP contribution in [0.1, 0.15) is 10.4 Å². The summed E-state index contributed by atoms with van der Waals surface area (Å²) in [6, 6.07) is 9.18. The van der Waals surface area contributed by atoms with Gasteiger partial charge < -0.3 is 15.3 Å². The lowest BCUT2D eigenvalue weighted by atomic mass is 10.2. The highest BCUT2D eigenvalue weighted by molar-refractivity contribution is 9.10. The number of pyridine rings is 1. The van der Waals surface area contributed by atoms with Gasteiger partial charge in [0.1, 0.15) is 11.4 Å². The predicted molar refractivity (Wildman–Crippen MR) is 82.9 cm³/mol. The van der Waals surface area contributed by atoms with Gasteiger partial charge in [-0.2, -0.15) is 0 Å². The van der Waals surface area contributed by atoms with Gasteiger partial charge in [-0.25, -0.2) is 9.78 Å². The van der Waals surface area contributed by atoms with E-state index in [1.54, 1.807) is 6.20 Å². The Labute approximate surface area is 125 Å². The Morgan fingerprint density at radius 1 is 1.35 bits per heavy atom. The van der Waals surface area contributed by atoms with Gasteiger partial charge in [0.15, 0.2) is 0 Å². The van der Waals surface area contributed by atoms with E-state index >= 15 is 0 Å². The molecule has 5 nitrogen and oxygen atoms in total. The number of aromatic carboxylic acids is 1. The molecule has 0 spiro atoms. The fraction of sp³-hybridized carbons (Fsp3) is 0.143. The Morgan fingerprint density at radius 3 is 2.75 bits per heavy atom. The molecule has 0 bridgehead atoms. The smallest absolute Gasteiger partial charge is 0.339 e. The predicted octanol–water partition coefficient (Wildman–Crippen LogP) is 3.35. The van der Waals surface area contributed by atoms with Crippen molar-refractivity contribution in [3.63, 3.8) is 0 Å². The van der Waals surface area contributed by atoms with Crippen LogP contribution in [0.15, 0.2) is 41.0 Å². The first-order valence-electron chi connectivity index (χ1n) is 5.90. The number of anilines is 3. The van der Waals surface area contributed by atoms with Crippen LogP contribution in [-0.4, -0.2) is 30.2 Å². The average Bonchev–Trinajstić information content (AvgIpc) is 2.41. The van der Waals surface area contributed by atoms with E-state index < -0.39 is 5.97 Å². The Morgan fingerprint density at radius 2 is 2.10 bits per heavy atom. The number of aromatic nitrogens is 1. The first-order valence-corrected chi connectivity index (χ1v) is 6.70. The van der Waals surface area contributed by atoms with Crippen LogP contribution in [0.5, 0.6) is 0 Å². The van der Waals surface area contributed by atoms with Crippen molar-refractivity contribution < 1.29 is 9.90 Å². The minimum Gasteiger partial charge on any atom is -0.478 e. The maximum Gasteiger partial charge on any atom is 0.339 e. The molecule has 104 valence electrons. The molecule has 0 unspecified atom stereocenters. The van der Waals surface area contributed by atoms with Gasteiger partial charge in [-0.05, 0) is 40.2 Å². The number of benzene rings is 1. The van der Waals surface area contributed by atoms with E-state index in [1.807, 2.05) is 43.3 Å². The van der Waals surface area contributed by atoms with Crippen molar-refractivity contribution in [2.45, 2.75) is 0 Å². The van der Waals surface area contributed by atoms with Crippen LogP contribution < -0.4 is 10.2 Å². The minimum absolute atomic E-state index is 0.120. The summed E-state index contributed by atoms with van der Waals surface area (Å²) in [5.74, 6) is -0.707. The standard InChI is InChI=1S/C14H14BrN3O2/c1-18(2)11-5-3-4-10(7-11)17-13-12(14(19)20)6-9(15)8-16-13/h3-8H,1-2H3,(H,16,17)(H,19,20). The molecule has 1 aromatic heterocycles. The number of hydrogen-bond donors (Lipinski definition) is 2. The monoisotopic (exact) mass is 335 g/mol. The van der Waals surface area contributed by atoms with Crippen molar-refractivity contribution in [1.82, 2.24) is 4.98 Å². The van der Waals surface area contributed by atoms with Crippen LogP contribution in [0.25, 0.3) is 0 Å². The molecule has 2 rings (SSSR count). The van der Waals surface area contributed by atoms with Crippen molar-refractivity contribution in [2.75, 3.05) is 24.3 Å². The molecule has 0 fully saturated rings. The van der Waals surface area contributed by atoms with Gasteiger partial charge in [0.05, 0.1) is 0 Å². The molecular formula is C14H14BrN3O2. The van der Waals surface area contributed by atoms with E-state index in [0.29, 0.717) is 10.3 Å². The fourth-order valence-corrected chi connectivity index (χ4v) is 2.03. The first kappa shape index (κ1) is 14.3. The van der Waals surface area contributed by atoms with Crippen LogP contribution in [0.2, 0.25) is 0 Å². The number of nitrogens with zero attached hydrogens (tertiary/aromatic N) is 2. The van der Waals surface area contributed by atoms with E-state index in [-0.39, 0.29) is 5.56 Å². The normalized spacial score (nSPS) is 10.2. The average molecular weight is 336 g/mol. The van der Waals surface area contributed by atoms with Gasteiger partial charge in [0.25, 0.3) is 0 Å². The van der Waals surface area contributed by atoms with E-state index in [4.69, 9.17) is 0 Å². The van der Waals surface area contributed by atoms with Gasteiger partial charge in [0, 0.05) is 36.1 Å². The Bertz CT molecular complexity index is 644. The third-order valence-corrected chi connectivity index (χ3v) is 3.14. The van der Waals surface area contributed by atoms with Gasteiger partial charge in [0.2, 0.25) is 0 Å². The minimum atomic E-state index is -1.02. The largest absolute Gasteiger partial charge is 0.478 e. The van der Waals surface area contributed by atoms with Gasteiger partial charge in [-0.15, -0.1) is 0 Å². The van der Waals surface area contributed by atoms with Gasteiger partial charge >= 0.3 is 5.97 Å². The molecule has 0 aliphatic carbocycles. The third-order valence-electron chi connectivity index (χ3n) is 2.71. The van der Waals surface area contributed by atoms with E-state index in [2.05, 4.69) is 26.2 Å². The van der Waals surface area contributed by atoms with Crippen LogP contribution in [-0.2, 0) is 0 Å². The maximum absolute atomic E-state index is 11.2. The highest BCUT2D eigenvalue weighted by Gasteiger charge is 2.12. The number of rotatable bonds is 4. The molecule has 1 heterocycles. The van der Waals surface area contributed by atoms with E-state index in [0.717, 1.165) is 11.4 Å². The molecule has 0 amide bonds. The van der Waals surface area contributed by atoms with Gasteiger partial charge in [-0.3, -0.25) is 0 Å². The highest BCUT2D eigenvalue weighted by Crippen LogP contribution is 2.24. The molecule has 0 saturated carbocycles.